The lowest BCUT2D eigenvalue weighted by atomic mass is 10.2. The van der Waals surface area contributed by atoms with Gasteiger partial charge in [-0.25, -0.2) is 9.36 Å². The average molecular weight is 394 g/mol. The molecule has 0 aliphatic rings. The molecule has 0 radical (unpaired) electrons. The lowest BCUT2D eigenvalue weighted by molar-refractivity contribution is -0.114. The summed E-state index contributed by atoms with van der Waals surface area (Å²) >= 11 is 0. The second kappa shape index (κ2) is 8.26. The molecule has 3 aromatic rings. The number of benzene rings is 2. The first-order chi connectivity index (χ1) is 13.9. The van der Waals surface area contributed by atoms with E-state index in [2.05, 4.69) is 15.3 Å². The number of hydrogen-bond acceptors (Lipinski definition) is 6. The van der Waals surface area contributed by atoms with Crippen LogP contribution in [-0.4, -0.2) is 33.9 Å². The van der Waals surface area contributed by atoms with Crippen LogP contribution in [0.3, 0.4) is 0 Å². The van der Waals surface area contributed by atoms with Crippen molar-refractivity contribution in [2.45, 2.75) is 6.92 Å². The summed E-state index contributed by atoms with van der Waals surface area (Å²) in [6, 6.07) is 12.9. The van der Waals surface area contributed by atoms with E-state index in [1.165, 1.54) is 20.2 Å². The van der Waals surface area contributed by atoms with E-state index in [0.29, 0.717) is 22.8 Å². The van der Waals surface area contributed by atoms with Crippen LogP contribution in [0.2, 0.25) is 0 Å². The van der Waals surface area contributed by atoms with E-state index in [4.69, 9.17) is 4.74 Å². The molecule has 0 aliphatic carbocycles. The first kappa shape index (κ1) is 19.6. The Morgan fingerprint density at radius 1 is 1.14 bits per heavy atom. The van der Waals surface area contributed by atoms with Gasteiger partial charge in [-0.05, 0) is 48.5 Å². The Morgan fingerprint density at radius 3 is 2.38 bits per heavy atom. The number of ether oxygens (including phenoxy) is 1. The van der Waals surface area contributed by atoms with Crippen LogP contribution in [0.5, 0.6) is 11.6 Å². The molecule has 0 fully saturated rings. The first-order valence-corrected chi connectivity index (χ1v) is 8.53. The largest absolute Gasteiger partial charge is 0.497 e. The minimum Gasteiger partial charge on any atom is -0.497 e. The van der Waals surface area contributed by atoms with Gasteiger partial charge in [0, 0.05) is 18.8 Å². The van der Waals surface area contributed by atoms with Gasteiger partial charge in [-0.3, -0.25) is 19.6 Å². The van der Waals surface area contributed by atoms with E-state index >= 15 is 0 Å². The smallest absolute Gasteiger partial charge is 0.335 e. The lowest BCUT2D eigenvalue weighted by Gasteiger charge is -2.10. The summed E-state index contributed by atoms with van der Waals surface area (Å²) in [7, 11) is 1.51. The van der Waals surface area contributed by atoms with Gasteiger partial charge in [-0.2, -0.15) is 0 Å². The molecular formula is C20H18N4O5. The van der Waals surface area contributed by atoms with E-state index in [1.54, 1.807) is 48.5 Å². The Morgan fingerprint density at radius 2 is 1.79 bits per heavy atom. The van der Waals surface area contributed by atoms with Crippen molar-refractivity contribution in [2.75, 3.05) is 12.4 Å². The number of aromatic nitrogens is 2. The Bertz CT molecular complexity index is 1180. The number of rotatable bonds is 5. The molecule has 3 rings (SSSR count). The van der Waals surface area contributed by atoms with Crippen LogP contribution in [0.15, 0.2) is 63.1 Å². The number of aromatic amines is 1. The zero-order valence-electron chi connectivity index (χ0n) is 15.7. The number of methoxy groups -OCH3 is 1. The summed E-state index contributed by atoms with van der Waals surface area (Å²) in [4.78, 5) is 41.7. The van der Waals surface area contributed by atoms with Gasteiger partial charge in [-0.1, -0.05) is 0 Å². The molecule has 1 heterocycles. The monoisotopic (exact) mass is 394 g/mol. The average Bonchev–Trinajstić information content (AvgIpc) is 2.69. The van der Waals surface area contributed by atoms with E-state index in [-0.39, 0.29) is 11.5 Å². The molecule has 148 valence electrons. The molecule has 0 bridgehead atoms. The van der Waals surface area contributed by atoms with Gasteiger partial charge in [0.2, 0.25) is 11.8 Å². The minimum absolute atomic E-state index is 0.175. The molecule has 0 spiro atoms. The molecule has 1 amide bonds. The SMILES string of the molecule is COc1ccc(-n2c(O)c(C=Nc3ccc(NC(C)=O)cc3)c(=O)[nH]c2=O)cc1. The molecule has 0 aliphatic heterocycles. The third-order valence-corrected chi connectivity index (χ3v) is 3.98. The van der Waals surface area contributed by atoms with Gasteiger partial charge in [-0.15, -0.1) is 0 Å². The second-order valence-electron chi connectivity index (χ2n) is 6.02. The first-order valence-electron chi connectivity index (χ1n) is 8.53. The molecule has 9 nitrogen and oxygen atoms in total. The highest BCUT2D eigenvalue weighted by Crippen LogP contribution is 2.20. The van der Waals surface area contributed by atoms with Crippen molar-refractivity contribution in [3.63, 3.8) is 0 Å². The number of anilines is 1. The topological polar surface area (TPSA) is 126 Å². The maximum atomic E-state index is 12.2. The Kier molecular flexibility index (Phi) is 5.59. The normalized spacial score (nSPS) is 10.8. The molecule has 0 unspecified atom stereocenters. The summed E-state index contributed by atoms with van der Waals surface area (Å²) in [6.07, 6.45) is 1.17. The minimum atomic E-state index is -0.783. The van der Waals surface area contributed by atoms with Crippen molar-refractivity contribution in [3.05, 3.63) is 74.9 Å². The van der Waals surface area contributed by atoms with Crippen molar-refractivity contribution < 1.29 is 14.6 Å². The van der Waals surface area contributed by atoms with Crippen LogP contribution in [0, 0.1) is 0 Å². The molecule has 9 heteroatoms. The van der Waals surface area contributed by atoms with Crippen LogP contribution in [0.1, 0.15) is 12.5 Å². The zero-order chi connectivity index (χ0) is 21.0. The highest BCUT2D eigenvalue weighted by atomic mass is 16.5. The molecular weight excluding hydrogens is 376 g/mol. The maximum absolute atomic E-state index is 12.2. The Balaban J connectivity index is 1.97. The quantitative estimate of drug-likeness (QED) is 0.570. The molecule has 0 saturated carbocycles. The fraction of sp³-hybridized carbons (Fsp3) is 0.100. The van der Waals surface area contributed by atoms with Crippen LogP contribution in [-0.2, 0) is 4.79 Å². The highest BCUT2D eigenvalue weighted by molar-refractivity contribution is 5.89. The van der Waals surface area contributed by atoms with Crippen LogP contribution in [0.4, 0.5) is 11.4 Å². The lowest BCUT2D eigenvalue weighted by Crippen LogP contribution is -2.31. The molecule has 1 aromatic heterocycles. The van der Waals surface area contributed by atoms with Crippen molar-refractivity contribution >= 4 is 23.5 Å². The van der Waals surface area contributed by atoms with Gasteiger partial charge in [0.05, 0.1) is 18.5 Å². The van der Waals surface area contributed by atoms with Crippen molar-refractivity contribution in [2.24, 2.45) is 4.99 Å². The summed E-state index contributed by atoms with van der Waals surface area (Å²) in [5.74, 6) is -0.156. The van der Waals surface area contributed by atoms with Crippen LogP contribution < -0.4 is 21.3 Å². The van der Waals surface area contributed by atoms with Crippen molar-refractivity contribution in [1.29, 1.82) is 0 Å². The number of carbonyl (C=O) groups is 1. The maximum Gasteiger partial charge on any atom is 0.335 e. The summed E-state index contributed by atoms with van der Waals surface area (Å²) in [5.41, 5.74) is -0.291. The molecule has 0 saturated heterocycles. The number of aliphatic imine (C=N–C) groups is 1. The van der Waals surface area contributed by atoms with E-state index < -0.39 is 17.1 Å². The number of H-pyrrole nitrogens is 1. The molecule has 3 N–H and O–H groups in total. The number of aromatic hydroxyl groups is 1. The Labute approximate surface area is 164 Å². The number of hydrogen-bond donors (Lipinski definition) is 3. The summed E-state index contributed by atoms with van der Waals surface area (Å²) in [5, 5.41) is 13.2. The number of nitrogens with zero attached hydrogens (tertiary/aromatic N) is 2. The van der Waals surface area contributed by atoms with E-state index in [9.17, 15) is 19.5 Å². The van der Waals surface area contributed by atoms with E-state index in [0.717, 1.165) is 4.57 Å². The van der Waals surface area contributed by atoms with Gasteiger partial charge in [0.25, 0.3) is 5.56 Å². The highest BCUT2D eigenvalue weighted by Gasteiger charge is 2.14. The third-order valence-electron chi connectivity index (χ3n) is 3.98. The number of amides is 1. The fourth-order valence-corrected chi connectivity index (χ4v) is 2.60. The summed E-state index contributed by atoms with van der Waals surface area (Å²) in [6.45, 7) is 1.40. The molecule has 2 aromatic carbocycles. The third kappa shape index (κ3) is 4.41. The van der Waals surface area contributed by atoms with Crippen molar-refractivity contribution in [1.82, 2.24) is 9.55 Å². The number of carbonyl (C=O) groups excluding carboxylic acids is 1. The van der Waals surface area contributed by atoms with Crippen molar-refractivity contribution in [3.8, 4) is 17.3 Å². The van der Waals surface area contributed by atoms with Gasteiger partial charge in [0.1, 0.15) is 11.3 Å². The van der Waals surface area contributed by atoms with Gasteiger partial charge in [0.15, 0.2) is 0 Å². The second-order valence-corrected chi connectivity index (χ2v) is 6.02. The predicted molar refractivity (Wildman–Crippen MR) is 109 cm³/mol. The van der Waals surface area contributed by atoms with E-state index in [1.807, 2.05) is 0 Å². The summed E-state index contributed by atoms with van der Waals surface area (Å²) < 4.78 is 6.03. The fourth-order valence-electron chi connectivity index (χ4n) is 2.60. The van der Waals surface area contributed by atoms with Gasteiger partial charge >= 0.3 is 5.69 Å². The number of nitrogens with one attached hydrogen (secondary N) is 2. The van der Waals surface area contributed by atoms with Gasteiger partial charge < -0.3 is 15.2 Å². The Hall–Kier alpha value is -4.14. The molecule has 29 heavy (non-hydrogen) atoms. The zero-order valence-corrected chi connectivity index (χ0v) is 15.7. The van der Waals surface area contributed by atoms with Crippen LogP contribution in [0.25, 0.3) is 5.69 Å². The molecule has 0 atom stereocenters. The standard InChI is InChI=1S/C20H18N4O5/c1-12(25)22-14-5-3-13(4-6-14)21-11-17-18(26)23-20(28)24(19(17)27)15-7-9-16(29-2)10-8-15/h3-11,27H,1-2H3,(H,22,25)(H,23,26,28). The predicted octanol–water partition coefficient (Wildman–Crippen LogP) is 1.95. The van der Waals surface area contributed by atoms with Crippen LogP contribution >= 0.6 is 0 Å².